The number of nitrogens with zero attached hydrogens (tertiary/aromatic N) is 1. The van der Waals surface area contributed by atoms with Gasteiger partial charge in [0.1, 0.15) is 0 Å². The molecule has 0 bridgehead atoms. The van der Waals surface area contributed by atoms with Gasteiger partial charge in [-0.25, -0.2) is 5.43 Å². The second-order valence-corrected chi connectivity index (χ2v) is 4.38. The van der Waals surface area contributed by atoms with Crippen LogP contribution >= 0.6 is 15.9 Å². The number of carbonyl (C=O) groups is 1. The predicted octanol–water partition coefficient (Wildman–Crippen LogP) is 2.31. The SMILES string of the molecule is O=C(NN=Cc1ccccc1Br)C1CC1. The van der Waals surface area contributed by atoms with Crippen LogP contribution in [0.15, 0.2) is 33.8 Å². The van der Waals surface area contributed by atoms with E-state index in [2.05, 4.69) is 26.5 Å². The van der Waals surface area contributed by atoms with Gasteiger partial charge in [0.05, 0.1) is 6.21 Å². The summed E-state index contributed by atoms with van der Waals surface area (Å²) in [4.78, 5) is 11.2. The molecule has 1 saturated carbocycles. The quantitative estimate of drug-likeness (QED) is 0.662. The zero-order chi connectivity index (χ0) is 10.7. The Morgan fingerprint density at radius 1 is 1.47 bits per heavy atom. The summed E-state index contributed by atoms with van der Waals surface area (Å²) in [5.41, 5.74) is 3.48. The Hall–Kier alpha value is -1.16. The smallest absolute Gasteiger partial charge is 0.243 e. The minimum absolute atomic E-state index is 0.0262. The summed E-state index contributed by atoms with van der Waals surface area (Å²) in [5.74, 6) is 0.222. The van der Waals surface area contributed by atoms with Crippen molar-refractivity contribution < 1.29 is 4.79 Å². The Balaban J connectivity index is 1.93. The lowest BCUT2D eigenvalue weighted by atomic mass is 10.2. The first kappa shape index (κ1) is 10.4. The minimum Gasteiger partial charge on any atom is -0.273 e. The highest BCUT2D eigenvalue weighted by molar-refractivity contribution is 9.10. The molecule has 78 valence electrons. The number of halogens is 1. The highest BCUT2D eigenvalue weighted by Crippen LogP contribution is 2.28. The van der Waals surface area contributed by atoms with Gasteiger partial charge < -0.3 is 0 Å². The number of hydrogen-bond acceptors (Lipinski definition) is 2. The van der Waals surface area contributed by atoms with Crippen molar-refractivity contribution in [2.24, 2.45) is 11.0 Å². The van der Waals surface area contributed by atoms with Gasteiger partial charge >= 0.3 is 0 Å². The summed E-state index contributed by atoms with van der Waals surface area (Å²) < 4.78 is 0.967. The third kappa shape index (κ3) is 2.89. The van der Waals surface area contributed by atoms with Crippen molar-refractivity contribution in [3.05, 3.63) is 34.3 Å². The predicted molar refractivity (Wildman–Crippen MR) is 62.6 cm³/mol. The van der Waals surface area contributed by atoms with Gasteiger partial charge in [-0.15, -0.1) is 0 Å². The van der Waals surface area contributed by atoms with E-state index in [0.29, 0.717) is 0 Å². The Morgan fingerprint density at radius 3 is 2.87 bits per heavy atom. The van der Waals surface area contributed by atoms with Crippen molar-refractivity contribution in [1.29, 1.82) is 0 Å². The second-order valence-electron chi connectivity index (χ2n) is 3.53. The highest BCUT2D eigenvalue weighted by atomic mass is 79.9. The standard InChI is InChI=1S/C11H11BrN2O/c12-10-4-2-1-3-9(10)7-13-14-11(15)8-5-6-8/h1-4,7-8H,5-6H2,(H,14,15). The highest BCUT2D eigenvalue weighted by Gasteiger charge is 2.29. The van der Waals surface area contributed by atoms with Crippen LogP contribution in [-0.2, 0) is 4.79 Å². The number of hydrazone groups is 1. The van der Waals surface area contributed by atoms with Gasteiger partial charge in [-0.3, -0.25) is 4.79 Å². The number of nitrogens with one attached hydrogen (secondary N) is 1. The average Bonchev–Trinajstić information content (AvgIpc) is 3.04. The minimum atomic E-state index is 0.0262. The topological polar surface area (TPSA) is 41.5 Å². The number of carbonyl (C=O) groups excluding carboxylic acids is 1. The molecule has 3 nitrogen and oxygen atoms in total. The molecule has 1 amide bonds. The Morgan fingerprint density at radius 2 is 2.20 bits per heavy atom. The van der Waals surface area contributed by atoms with Crippen LogP contribution in [0.4, 0.5) is 0 Å². The van der Waals surface area contributed by atoms with Gasteiger partial charge in [0.15, 0.2) is 0 Å². The summed E-state index contributed by atoms with van der Waals surface area (Å²) in [6.07, 6.45) is 3.64. The zero-order valence-electron chi connectivity index (χ0n) is 8.11. The van der Waals surface area contributed by atoms with E-state index in [1.165, 1.54) is 0 Å². The van der Waals surface area contributed by atoms with Gasteiger partial charge in [0, 0.05) is 16.0 Å². The van der Waals surface area contributed by atoms with E-state index in [-0.39, 0.29) is 11.8 Å². The van der Waals surface area contributed by atoms with Crippen molar-refractivity contribution in [3.8, 4) is 0 Å². The molecule has 0 unspecified atom stereocenters. The van der Waals surface area contributed by atoms with Crippen LogP contribution in [0.1, 0.15) is 18.4 Å². The molecule has 4 heteroatoms. The molecule has 15 heavy (non-hydrogen) atoms. The lowest BCUT2D eigenvalue weighted by molar-refractivity contribution is -0.122. The lowest BCUT2D eigenvalue weighted by Gasteiger charge is -1.97. The first-order valence-electron chi connectivity index (χ1n) is 4.85. The molecular weight excluding hydrogens is 256 g/mol. The van der Waals surface area contributed by atoms with Crippen LogP contribution in [0.3, 0.4) is 0 Å². The van der Waals surface area contributed by atoms with Crippen LogP contribution < -0.4 is 5.43 Å². The molecule has 0 aromatic heterocycles. The molecule has 0 aliphatic heterocycles. The fourth-order valence-corrected chi connectivity index (χ4v) is 1.57. The molecule has 0 saturated heterocycles. The molecule has 1 fully saturated rings. The lowest BCUT2D eigenvalue weighted by Crippen LogP contribution is -2.18. The Labute approximate surface area is 96.7 Å². The van der Waals surface area contributed by atoms with Crippen molar-refractivity contribution in [2.75, 3.05) is 0 Å². The largest absolute Gasteiger partial charge is 0.273 e. The van der Waals surface area contributed by atoms with Crippen molar-refractivity contribution in [1.82, 2.24) is 5.43 Å². The second kappa shape index (κ2) is 4.57. The fourth-order valence-electron chi connectivity index (χ4n) is 1.18. The summed E-state index contributed by atoms with van der Waals surface area (Å²) in [6.45, 7) is 0. The maximum atomic E-state index is 11.2. The van der Waals surface area contributed by atoms with Crippen LogP contribution in [0.2, 0.25) is 0 Å². The van der Waals surface area contributed by atoms with E-state index in [1.807, 2.05) is 24.3 Å². The van der Waals surface area contributed by atoms with Gasteiger partial charge in [-0.05, 0) is 18.9 Å². The van der Waals surface area contributed by atoms with Crippen molar-refractivity contribution >= 4 is 28.1 Å². The summed E-state index contributed by atoms with van der Waals surface area (Å²) in [5, 5.41) is 3.91. The summed E-state index contributed by atoms with van der Waals surface area (Å²) >= 11 is 3.40. The van der Waals surface area contributed by atoms with E-state index < -0.39 is 0 Å². The Kier molecular flexibility index (Phi) is 3.16. The molecule has 2 rings (SSSR count). The number of rotatable bonds is 3. The third-order valence-corrected chi connectivity index (χ3v) is 2.95. The molecular formula is C11H11BrN2O. The van der Waals surface area contributed by atoms with Gasteiger partial charge in [0.2, 0.25) is 5.91 Å². The van der Waals surface area contributed by atoms with E-state index in [9.17, 15) is 4.79 Å². The first-order valence-corrected chi connectivity index (χ1v) is 5.64. The Bertz CT molecular complexity index is 399. The molecule has 0 atom stereocenters. The molecule has 1 aromatic rings. The molecule has 0 radical (unpaired) electrons. The summed E-state index contributed by atoms with van der Waals surface area (Å²) in [7, 11) is 0. The van der Waals surface area contributed by atoms with Crippen molar-refractivity contribution in [3.63, 3.8) is 0 Å². The van der Waals surface area contributed by atoms with Crippen molar-refractivity contribution in [2.45, 2.75) is 12.8 Å². The van der Waals surface area contributed by atoms with Gasteiger partial charge in [-0.2, -0.15) is 5.10 Å². The average molecular weight is 267 g/mol. The molecule has 0 heterocycles. The molecule has 0 spiro atoms. The first-order chi connectivity index (χ1) is 7.27. The van der Waals surface area contributed by atoms with E-state index in [4.69, 9.17) is 0 Å². The maximum absolute atomic E-state index is 11.2. The van der Waals surface area contributed by atoms with Crippen LogP contribution in [0.25, 0.3) is 0 Å². The molecule has 1 aliphatic rings. The summed E-state index contributed by atoms with van der Waals surface area (Å²) in [6, 6.07) is 7.72. The van der Waals surface area contributed by atoms with E-state index >= 15 is 0 Å². The van der Waals surface area contributed by atoms with Gasteiger partial charge in [0.25, 0.3) is 0 Å². The molecule has 1 N–H and O–H groups in total. The number of amides is 1. The van der Waals surface area contributed by atoms with Crippen LogP contribution in [0.5, 0.6) is 0 Å². The van der Waals surface area contributed by atoms with E-state index in [1.54, 1.807) is 6.21 Å². The fraction of sp³-hybridized carbons (Fsp3) is 0.273. The maximum Gasteiger partial charge on any atom is 0.243 e. The number of benzene rings is 1. The van der Waals surface area contributed by atoms with E-state index in [0.717, 1.165) is 22.9 Å². The monoisotopic (exact) mass is 266 g/mol. The van der Waals surface area contributed by atoms with Gasteiger partial charge in [-0.1, -0.05) is 34.1 Å². The van der Waals surface area contributed by atoms with Crippen LogP contribution in [-0.4, -0.2) is 12.1 Å². The third-order valence-electron chi connectivity index (χ3n) is 2.23. The normalized spacial score (nSPS) is 15.5. The van der Waals surface area contributed by atoms with Crippen LogP contribution in [0, 0.1) is 5.92 Å². The zero-order valence-corrected chi connectivity index (χ0v) is 9.70. The molecule has 1 aliphatic carbocycles. The number of hydrogen-bond donors (Lipinski definition) is 1. The molecule has 1 aromatic carbocycles.